The summed E-state index contributed by atoms with van der Waals surface area (Å²) in [5, 5.41) is 39.8. The summed E-state index contributed by atoms with van der Waals surface area (Å²) >= 11 is 0. The molecule has 0 aliphatic heterocycles. The number of para-hydroxylation sites is 2. The minimum atomic E-state index is -1.43. The van der Waals surface area contributed by atoms with E-state index in [1.54, 1.807) is 0 Å². The fraction of sp³-hybridized carbons (Fsp3) is 0. The Bertz CT molecular complexity index is 573. The molecule has 0 amide bonds. The molecule has 0 spiro atoms. The van der Waals surface area contributed by atoms with Crippen molar-refractivity contribution in [2.75, 3.05) is 0 Å². The number of hydrogen-bond donors (Lipinski definition) is 1. The number of aromatic carboxylic acids is 2. The van der Waals surface area contributed by atoms with Gasteiger partial charge in [-0.1, -0.05) is 54.0 Å². The predicted octanol–water partition coefficient (Wildman–Crippen LogP) is -1.62. The van der Waals surface area contributed by atoms with Gasteiger partial charge >= 0.3 is 32.2 Å². The first-order valence-corrected chi connectivity index (χ1v) is 5.40. The van der Waals surface area contributed by atoms with Crippen LogP contribution >= 0.6 is 0 Å². The minimum Gasteiger partial charge on any atom is -0.872 e. The Morgan fingerprint density at radius 3 is 1.41 bits per heavy atom. The van der Waals surface area contributed by atoms with Gasteiger partial charge in [-0.15, -0.1) is 0 Å². The van der Waals surface area contributed by atoms with E-state index in [0.717, 1.165) is 0 Å². The first-order valence-electron chi connectivity index (χ1n) is 5.40. The van der Waals surface area contributed by atoms with Crippen molar-refractivity contribution < 1.29 is 35.5 Å². The quantitative estimate of drug-likeness (QED) is 0.489. The van der Waals surface area contributed by atoms with E-state index in [1.807, 2.05) is 0 Å². The van der Waals surface area contributed by atoms with E-state index in [-0.39, 0.29) is 42.8 Å². The van der Waals surface area contributed by atoms with Gasteiger partial charge in [0.1, 0.15) is 0 Å². The molecular formula is C14H11BiO7. The van der Waals surface area contributed by atoms with Gasteiger partial charge in [-0.3, -0.25) is 0 Å². The fourth-order valence-electron chi connectivity index (χ4n) is 1.28. The van der Waals surface area contributed by atoms with Crippen LogP contribution in [0.2, 0.25) is 0 Å². The molecule has 0 atom stereocenters. The van der Waals surface area contributed by atoms with Crippen LogP contribution in [0.1, 0.15) is 20.7 Å². The number of carboxylic acids is 2. The smallest absolute Gasteiger partial charge is 0.872 e. The maximum Gasteiger partial charge on any atom is 3.00 e. The van der Waals surface area contributed by atoms with E-state index in [0.29, 0.717) is 0 Å². The van der Waals surface area contributed by atoms with Crippen LogP contribution in [0.15, 0.2) is 48.5 Å². The van der Waals surface area contributed by atoms with Gasteiger partial charge in [0.15, 0.2) is 0 Å². The van der Waals surface area contributed by atoms with Crippen LogP contribution < -0.4 is 15.3 Å². The molecule has 2 aromatic rings. The summed E-state index contributed by atoms with van der Waals surface area (Å²) in [5.74, 6) is -3.56. The number of rotatable bonds is 2. The monoisotopic (exact) mass is 500 g/mol. The minimum absolute atomic E-state index is 0. The maximum atomic E-state index is 10.7. The zero-order valence-corrected chi connectivity index (χ0v) is 14.5. The molecule has 0 aromatic heterocycles. The van der Waals surface area contributed by atoms with Crippen LogP contribution in [0.4, 0.5) is 0 Å². The summed E-state index contributed by atoms with van der Waals surface area (Å²) in [5.41, 5.74) is -0.468. The molecule has 0 aliphatic rings. The second kappa shape index (κ2) is 10.5. The summed E-state index contributed by atoms with van der Waals surface area (Å²) in [7, 11) is 0. The van der Waals surface area contributed by atoms with Crippen molar-refractivity contribution in [2.24, 2.45) is 0 Å². The van der Waals surface area contributed by atoms with Gasteiger partial charge in [0, 0.05) is 0 Å². The molecule has 2 rings (SSSR count). The molecule has 0 aliphatic carbocycles. The van der Waals surface area contributed by atoms with E-state index in [2.05, 4.69) is 0 Å². The summed E-state index contributed by atoms with van der Waals surface area (Å²) in [6.45, 7) is 0. The number of benzene rings is 2. The van der Waals surface area contributed by atoms with Crippen molar-refractivity contribution in [1.82, 2.24) is 0 Å². The Balaban J connectivity index is 0. The molecule has 0 fully saturated rings. The van der Waals surface area contributed by atoms with Crippen molar-refractivity contribution in [3.8, 4) is 11.5 Å². The summed E-state index contributed by atoms with van der Waals surface area (Å²) in [6, 6.07) is 10.9. The maximum absolute atomic E-state index is 10.7. The Labute approximate surface area is 144 Å². The molecular weight excluding hydrogens is 489 g/mol. The average Bonchev–Trinajstić information content (AvgIpc) is 2.40. The first kappa shape index (κ1) is 22.1. The number of carbonyl (C=O) groups excluding carboxylic acids is 1. The largest absolute Gasteiger partial charge is 3.00 e. The van der Waals surface area contributed by atoms with Crippen LogP contribution in [0.5, 0.6) is 11.5 Å². The van der Waals surface area contributed by atoms with Gasteiger partial charge < -0.3 is 30.7 Å². The van der Waals surface area contributed by atoms with Crippen molar-refractivity contribution in [2.45, 2.75) is 0 Å². The second-order valence-electron chi connectivity index (χ2n) is 3.58. The van der Waals surface area contributed by atoms with Crippen LogP contribution in [-0.2, 0) is 0 Å². The molecule has 0 heterocycles. The van der Waals surface area contributed by atoms with E-state index in [9.17, 15) is 24.9 Å². The van der Waals surface area contributed by atoms with Gasteiger partial charge in [0.25, 0.3) is 0 Å². The Morgan fingerprint density at radius 1 is 0.818 bits per heavy atom. The topological polar surface area (TPSA) is 155 Å². The predicted molar refractivity (Wildman–Crippen MR) is 72.4 cm³/mol. The van der Waals surface area contributed by atoms with Crippen LogP contribution in [-0.4, -0.2) is 48.7 Å². The molecule has 2 aromatic carbocycles. The SMILES string of the molecule is O.O=C(O)c1ccccc1[O-].O=C([O-])c1ccccc1[O-].[Bi+3]. The first-order chi connectivity index (χ1) is 9.43. The third-order valence-corrected chi connectivity index (χ3v) is 2.22. The third kappa shape index (κ3) is 6.52. The summed E-state index contributed by atoms with van der Waals surface area (Å²) in [4.78, 5) is 20.3. The molecule has 3 N–H and O–H groups in total. The summed E-state index contributed by atoms with van der Waals surface area (Å²) in [6.07, 6.45) is 0. The van der Waals surface area contributed by atoms with Crippen molar-refractivity contribution >= 4 is 38.1 Å². The molecule has 2 radical (unpaired) electrons. The Morgan fingerprint density at radius 2 is 1.18 bits per heavy atom. The van der Waals surface area contributed by atoms with Crippen molar-refractivity contribution in [1.29, 1.82) is 0 Å². The summed E-state index contributed by atoms with van der Waals surface area (Å²) < 4.78 is 0. The van der Waals surface area contributed by atoms with E-state index < -0.39 is 23.4 Å². The van der Waals surface area contributed by atoms with Gasteiger partial charge in [-0.05, 0) is 11.6 Å². The second-order valence-corrected chi connectivity index (χ2v) is 3.58. The molecule has 0 bridgehead atoms. The van der Waals surface area contributed by atoms with Crippen molar-refractivity contribution in [3.63, 3.8) is 0 Å². The van der Waals surface area contributed by atoms with E-state index in [4.69, 9.17) is 5.11 Å². The molecule has 0 saturated carbocycles. The fourth-order valence-corrected chi connectivity index (χ4v) is 1.28. The van der Waals surface area contributed by atoms with Gasteiger partial charge in [-0.25, -0.2) is 4.79 Å². The van der Waals surface area contributed by atoms with Crippen LogP contribution in [0.25, 0.3) is 0 Å². The third-order valence-electron chi connectivity index (χ3n) is 2.22. The molecule has 8 heteroatoms. The van der Waals surface area contributed by atoms with Crippen molar-refractivity contribution in [3.05, 3.63) is 59.7 Å². The normalized spacial score (nSPS) is 8.36. The van der Waals surface area contributed by atoms with Crippen LogP contribution in [0.3, 0.4) is 0 Å². The van der Waals surface area contributed by atoms with Gasteiger partial charge in [0.05, 0.1) is 11.5 Å². The molecule has 22 heavy (non-hydrogen) atoms. The Hall–Kier alpha value is -2.18. The van der Waals surface area contributed by atoms with Gasteiger partial charge in [-0.2, -0.15) is 0 Å². The number of carboxylic acid groups (broad SMARTS) is 2. The van der Waals surface area contributed by atoms with E-state index >= 15 is 0 Å². The van der Waals surface area contributed by atoms with E-state index in [1.165, 1.54) is 48.5 Å². The average molecular weight is 500 g/mol. The zero-order chi connectivity index (χ0) is 15.1. The van der Waals surface area contributed by atoms with Crippen LogP contribution in [0, 0.1) is 0 Å². The molecule has 7 nitrogen and oxygen atoms in total. The molecule has 114 valence electrons. The Kier molecular flexibility index (Phi) is 10.6. The standard InChI is InChI=1S/2C7H6O3.Bi.H2O/c2*8-6-4-2-1-3-5(6)7(9)10;;/h2*1-4,8H,(H,9,10);;1H2/q;;+3;/p-3. The zero-order valence-electron chi connectivity index (χ0n) is 11.1. The number of hydrogen-bond acceptors (Lipinski definition) is 5. The molecule has 0 unspecified atom stereocenters. The number of carbonyl (C=O) groups is 2. The molecule has 0 saturated heterocycles. The van der Waals surface area contributed by atoms with Gasteiger partial charge in [0.2, 0.25) is 0 Å².